The van der Waals surface area contributed by atoms with E-state index >= 15 is 0 Å². The highest BCUT2D eigenvalue weighted by Crippen LogP contribution is 2.10. The topological polar surface area (TPSA) is 58.6 Å². The summed E-state index contributed by atoms with van der Waals surface area (Å²) >= 11 is 0. The molecule has 0 atom stereocenters. The number of alkyl carbamates (subject to hydrolysis) is 1. The summed E-state index contributed by atoms with van der Waals surface area (Å²) in [6.45, 7) is 4.23. The lowest BCUT2D eigenvalue weighted by Crippen LogP contribution is -2.35. The molecule has 5 heteroatoms. The van der Waals surface area contributed by atoms with Gasteiger partial charge in [-0.3, -0.25) is 0 Å². The monoisotopic (exact) mass is 326 g/mol. The first-order valence-electron chi connectivity index (χ1n) is 9.48. The second-order valence-electron chi connectivity index (χ2n) is 6.46. The van der Waals surface area contributed by atoms with Crippen molar-refractivity contribution in [2.75, 3.05) is 19.6 Å². The van der Waals surface area contributed by atoms with Gasteiger partial charge in [-0.25, -0.2) is 9.59 Å². The zero-order valence-corrected chi connectivity index (χ0v) is 14.8. The molecular weight excluding hydrogens is 292 g/mol. The molecule has 0 aromatic heterocycles. The molecule has 1 rings (SSSR count). The number of carbonyl (C=O) groups is 2. The highest BCUT2D eigenvalue weighted by molar-refractivity contribution is 5.83. The number of nitrogens with zero attached hydrogens (tertiary/aromatic N) is 1. The van der Waals surface area contributed by atoms with Crippen molar-refractivity contribution in [3.8, 4) is 0 Å². The van der Waals surface area contributed by atoms with Crippen LogP contribution in [0.4, 0.5) is 9.59 Å². The van der Waals surface area contributed by atoms with Crippen molar-refractivity contribution >= 4 is 12.2 Å². The summed E-state index contributed by atoms with van der Waals surface area (Å²) in [6, 6.07) is 0. The summed E-state index contributed by atoms with van der Waals surface area (Å²) < 4.78 is 4.76. The van der Waals surface area contributed by atoms with Crippen LogP contribution in [0.2, 0.25) is 0 Å². The van der Waals surface area contributed by atoms with Gasteiger partial charge in [-0.1, -0.05) is 64.7 Å². The molecule has 0 spiro atoms. The Morgan fingerprint density at radius 1 is 0.870 bits per heavy atom. The zero-order chi connectivity index (χ0) is 16.8. The quantitative estimate of drug-likeness (QED) is 0.436. The molecule has 2 amide bonds. The number of carbonyl (C=O) groups excluding carboxylic acids is 2. The standard InChI is InChI=1S/C18H34N2O3/c1-2-3-4-5-6-7-8-9-10-11-14-19-17(21)23-18(22)20-15-12-13-16-20/h2-16H2,1H3,(H,19,21). The maximum atomic E-state index is 11.6. The van der Waals surface area contributed by atoms with Gasteiger partial charge in [0.15, 0.2) is 0 Å². The van der Waals surface area contributed by atoms with Gasteiger partial charge in [0.2, 0.25) is 0 Å². The van der Waals surface area contributed by atoms with E-state index in [1.54, 1.807) is 4.90 Å². The van der Waals surface area contributed by atoms with E-state index < -0.39 is 12.2 Å². The third-order valence-electron chi connectivity index (χ3n) is 4.34. The molecule has 1 aliphatic rings. The molecule has 23 heavy (non-hydrogen) atoms. The number of amides is 2. The molecule has 0 saturated carbocycles. The van der Waals surface area contributed by atoms with E-state index in [0.717, 1.165) is 25.7 Å². The lowest BCUT2D eigenvalue weighted by Gasteiger charge is -2.14. The normalized spacial score (nSPS) is 14.0. The average molecular weight is 326 g/mol. The maximum absolute atomic E-state index is 11.6. The van der Waals surface area contributed by atoms with Crippen LogP contribution in [0.3, 0.4) is 0 Å². The predicted molar refractivity (Wildman–Crippen MR) is 92.5 cm³/mol. The van der Waals surface area contributed by atoms with Crippen molar-refractivity contribution in [3.05, 3.63) is 0 Å². The summed E-state index contributed by atoms with van der Waals surface area (Å²) in [6.07, 6.45) is 13.5. The summed E-state index contributed by atoms with van der Waals surface area (Å²) in [4.78, 5) is 24.7. The van der Waals surface area contributed by atoms with Crippen molar-refractivity contribution in [1.82, 2.24) is 10.2 Å². The number of ether oxygens (including phenoxy) is 1. The van der Waals surface area contributed by atoms with Gasteiger partial charge in [0, 0.05) is 19.6 Å². The molecule has 1 aliphatic heterocycles. The van der Waals surface area contributed by atoms with Crippen LogP contribution >= 0.6 is 0 Å². The molecule has 0 bridgehead atoms. The Balaban J connectivity index is 1.84. The number of nitrogens with one attached hydrogen (secondary N) is 1. The van der Waals surface area contributed by atoms with Crippen LogP contribution in [0.25, 0.3) is 0 Å². The Morgan fingerprint density at radius 3 is 1.96 bits per heavy atom. The number of likely N-dealkylation sites (tertiary alicyclic amines) is 1. The fraction of sp³-hybridized carbons (Fsp3) is 0.889. The average Bonchev–Trinajstić information content (AvgIpc) is 3.07. The molecule has 134 valence electrons. The number of hydrogen-bond donors (Lipinski definition) is 1. The first-order chi connectivity index (χ1) is 11.2. The van der Waals surface area contributed by atoms with Crippen molar-refractivity contribution in [2.24, 2.45) is 0 Å². The third kappa shape index (κ3) is 10.2. The molecule has 1 saturated heterocycles. The van der Waals surface area contributed by atoms with Gasteiger partial charge in [0.05, 0.1) is 0 Å². The number of hydrogen-bond acceptors (Lipinski definition) is 3. The van der Waals surface area contributed by atoms with E-state index in [1.807, 2.05) is 0 Å². The fourth-order valence-corrected chi connectivity index (χ4v) is 2.88. The minimum Gasteiger partial charge on any atom is -0.359 e. The molecular formula is C18H34N2O3. The van der Waals surface area contributed by atoms with E-state index in [1.165, 1.54) is 51.4 Å². The molecule has 0 unspecified atom stereocenters. The highest BCUT2D eigenvalue weighted by atomic mass is 16.6. The molecule has 5 nitrogen and oxygen atoms in total. The highest BCUT2D eigenvalue weighted by Gasteiger charge is 2.21. The van der Waals surface area contributed by atoms with Crippen LogP contribution in [0.5, 0.6) is 0 Å². The predicted octanol–water partition coefficient (Wildman–Crippen LogP) is 4.85. The van der Waals surface area contributed by atoms with Crippen molar-refractivity contribution in [2.45, 2.75) is 84.0 Å². The molecule has 1 N–H and O–H groups in total. The Hall–Kier alpha value is -1.26. The van der Waals surface area contributed by atoms with E-state index in [0.29, 0.717) is 19.6 Å². The van der Waals surface area contributed by atoms with Crippen molar-refractivity contribution in [3.63, 3.8) is 0 Å². The maximum Gasteiger partial charge on any atom is 0.418 e. The van der Waals surface area contributed by atoms with Gasteiger partial charge in [0.25, 0.3) is 0 Å². The molecule has 0 aliphatic carbocycles. The van der Waals surface area contributed by atoms with Crippen molar-refractivity contribution < 1.29 is 14.3 Å². The Bertz CT molecular complexity index is 328. The number of rotatable bonds is 11. The Morgan fingerprint density at radius 2 is 1.39 bits per heavy atom. The molecule has 0 aromatic rings. The van der Waals surface area contributed by atoms with Crippen LogP contribution < -0.4 is 5.32 Å². The summed E-state index contributed by atoms with van der Waals surface area (Å²) in [5.74, 6) is 0. The summed E-state index contributed by atoms with van der Waals surface area (Å²) in [5.41, 5.74) is 0. The van der Waals surface area contributed by atoms with Crippen LogP contribution in [-0.2, 0) is 4.74 Å². The molecule has 1 heterocycles. The SMILES string of the molecule is CCCCCCCCCCCCNC(=O)OC(=O)N1CCCC1. The van der Waals surface area contributed by atoms with Gasteiger partial charge in [-0.05, 0) is 19.3 Å². The van der Waals surface area contributed by atoms with E-state index in [4.69, 9.17) is 4.74 Å². The molecule has 0 radical (unpaired) electrons. The lowest BCUT2D eigenvalue weighted by molar-refractivity contribution is 0.124. The summed E-state index contributed by atoms with van der Waals surface area (Å²) in [5, 5.41) is 2.65. The van der Waals surface area contributed by atoms with Gasteiger partial charge in [0.1, 0.15) is 0 Å². The zero-order valence-electron chi connectivity index (χ0n) is 14.8. The van der Waals surface area contributed by atoms with Crippen LogP contribution in [0.15, 0.2) is 0 Å². The van der Waals surface area contributed by atoms with Gasteiger partial charge in [-0.2, -0.15) is 0 Å². The Kier molecular flexibility index (Phi) is 11.4. The van der Waals surface area contributed by atoms with E-state index in [-0.39, 0.29) is 0 Å². The smallest absolute Gasteiger partial charge is 0.359 e. The van der Waals surface area contributed by atoms with Crippen LogP contribution in [0.1, 0.15) is 84.0 Å². The minimum absolute atomic E-state index is 0.511. The third-order valence-corrected chi connectivity index (χ3v) is 4.34. The molecule has 0 aromatic carbocycles. The lowest BCUT2D eigenvalue weighted by atomic mass is 10.1. The fourth-order valence-electron chi connectivity index (χ4n) is 2.88. The largest absolute Gasteiger partial charge is 0.418 e. The first-order valence-corrected chi connectivity index (χ1v) is 9.48. The molecule has 1 fully saturated rings. The van der Waals surface area contributed by atoms with Gasteiger partial charge in [-0.15, -0.1) is 0 Å². The second-order valence-corrected chi connectivity index (χ2v) is 6.46. The van der Waals surface area contributed by atoms with Gasteiger partial charge >= 0.3 is 12.2 Å². The second kappa shape index (κ2) is 13.2. The minimum atomic E-state index is -0.613. The summed E-state index contributed by atoms with van der Waals surface area (Å²) in [7, 11) is 0. The van der Waals surface area contributed by atoms with Crippen LogP contribution in [0, 0.1) is 0 Å². The van der Waals surface area contributed by atoms with E-state index in [9.17, 15) is 9.59 Å². The van der Waals surface area contributed by atoms with Crippen LogP contribution in [-0.4, -0.2) is 36.7 Å². The number of unbranched alkanes of at least 4 members (excludes halogenated alkanes) is 9. The van der Waals surface area contributed by atoms with Crippen molar-refractivity contribution in [1.29, 1.82) is 0 Å². The Labute approximate surface area is 141 Å². The first kappa shape index (κ1) is 19.8. The van der Waals surface area contributed by atoms with E-state index in [2.05, 4.69) is 12.2 Å². The van der Waals surface area contributed by atoms with Gasteiger partial charge < -0.3 is 15.0 Å².